The molecule has 2 rings (SSSR count). The Morgan fingerprint density at radius 3 is 3.15 bits per heavy atom. The maximum absolute atomic E-state index is 11.2. The number of thiazole rings is 1. The minimum atomic E-state index is -0.165. The van der Waals surface area contributed by atoms with E-state index in [4.69, 9.17) is 4.98 Å². The molecule has 4 nitrogen and oxygen atoms in total. The number of aromatic nitrogens is 1. The van der Waals surface area contributed by atoms with Crippen LogP contribution in [0.15, 0.2) is 5.38 Å². The molecule has 1 aromatic heterocycles. The maximum Gasteiger partial charge on any atom is 0.305 e. The van der Waals surface area contributed by atoms with Crippen LogP contribution < -0.4 is 4.90 Å². The summed E-state index contributed by atoms with van der Waals surface area (Å²) in [5.74, 6) is -0.165. The molecule has 1 unspecified atom stereocenters. The second kappa shape index (κ2) is 7.62. The van der Waals surface area contributed by atoms with Gasteiger partial charge in [0.2, 0.25) is 0 Å². The highest BCUT2D eigenvalue weighted by Gasteiger charge is 2.24. The molecule has 0 N–H and O–H groups in total. The number of carbonyl (C=O) groups excluding carboxylic acids is 1. The van der Waals surface area contributed by atoms with Gasteiger partial charge in [-0.25, -0.2) is 4.98 Å². The van der Waals surface area contributed by atoms with Gasteiger partial charge in [0, 0.05) is 24.4 Å². The molecule has 112 valence electrons. The summed E-state index contributed by atoms with van der Waals surface area (Å²) in [6, 6.07) is 0.647. The zero-order chi connectivity index (χ0) is 14.4. The molecule has 1 aromatic rings. The van der Waals surface area contributed by atoms with E-state index in [9.17, 15) is 4.79 Å². The Balaban J connectivity index is 1.97. The number of carbonyl (C=O) groups is 1. The highest BCUT2D eigenvalue weighted by atomic mass is 32.1. The zero-order valence-corrected chi connectivity index (χ0v) is 13.2. The predicted molar refractivity (Wildman–Crippen MR) is 82.3 cm³/mol. The van der Waals surface area contributed by atoms with E-state index in [1.807, 2.05) is 0 Å². The molecule has 1 aliphatic heterocycles. The number of rotatable bonds is 6. The zero-order valence-electron chi connectivity index (χ0n) is 12.4. The molecule has 20 heavy (non-hydrogen) atoms. The van der Waals surface area contributed by atoms with Crippen molar-refractivity contribution in [3.05, 3.63) is 11.1 Å². The van der Waals surface area contributed by atoms with Gasteiger partial charge in [-0.2, -0.15) is 0 Å². The fourth-order valence-electron chi connectivity index (χ4n) is 2.76. The normalized spacial score (nSPS) is 19.1. The molecule has 0 spiro atoms. The van der Waals surface area contributed by atoms with Crippen LogP contribution in [0, 0.1) is 0 Å². The molecule has 2 heterocycles. The number of aryl methyl sites for hydroxylation is 1. The molecular formula is C15H24N2O2S. The Morgan fingerprint density at radius 2 is 2.40 bits per heavy atom. The maximum atomic E-state index is 11.2. The van der Waals surface area contributed by atoms with Crippen molar-refractivity contribution in [2.24, 2.45) is 0 Å². The Morgan fingerprint density at radius 1 is 1.55 bits per heavy atom. The summed E-state index contributed by atoms with van der Waals surface area (Å²) >= 11 is 1.71. The second-order valence-electron chi connectivity index (χ2n) is 5.33. The summed E-state index contributed by atoms with van der Waals surface area (Å²) in [5, 5.41) is 3.21. The van der Waals surface area contributed by atoms with Gasteiger partial charge in [-0.05, 0) is 25.7 Å². The molecule has 0 bridgehead atoms. The molecule has 1 saturated heterocycles. The largest absolute Gasteiger partial charge is 0.469 e. The lowest BCUT2D eigenvalue weighted by Crippen LogP contribution is -2.39. The number of methoxy groups -OCH3 is 1. The summed E-state index contributed by atoms with van der Waals surface area (Å²) in [7, 11) is 1.43. The van der Waals surface area contributed by atoms with Crippen LogP contribution in [0.1, 0.15) is 51.1 Å². The Kier molecular flexibility index (Phi) is 5.83. The van der Waals surface area contributed by atoms with Gasteiger partial charge < -0.3 is 9.64 Å². The van der Waals surface area contributed by atoms with Crippen molar-refractivity contribution in [2.75, 3.05) is 18.6 Å². The topological polar surface area (TPSA) is 42.4 Å². The Labute approximate surface area is 125 Å². The van der Waals surface area contributed by atoms with Gasteiger partial charge in [-0.1, -0.05) is 13.3 Å². The fourth-order valence-corrected chi connectivity index (χ4v) is 3.72. The van der Waals surface area contributed by atoms with Gasteiger partial charge in [0.05, 0.1) is 19.2 Å². The average molecular weight is 296 g/mol. The summed E-state index contributed by atoms with van der Waals surface area (Å²) in [5.41, 5.74) is 1.01. The van der Waals surface area contributed by atoms with Crippen LogP contribution in [0.25, 0.3) is 0 Å². The van der Waals surface area contributed by atoms with Crippen LogP contribution in [-0.4, -0.2) is 30.6 Å². The van der Waals surface area contributed by atoms with E-state index in [0.29, 0.717) is 18.9 Å². The van der Waals surface area contributed by atoms with E-state index in [1.165, 1.54) is 39.2 Å². The molecule has 0 amide bonds. The van der Waals surface area contributed by atoms with Crippen molar-refractivity contribution in [3.8, 4) is 0 Å². The number of ether oxygens (including phenoxy) is 1. The molecule has 1 atom stereocenters. The number of hydrogen-bond donors (Lipinski definition) is 0. The van der Waals surface area contributed by atoms with Crippen molar-refractivity contribution in [3.63, 3.8) is 0 Å². The first-order valence-corrected chi connectivity index (χ1v) is 8.40. The van der Waals surface area contributed by atoms with Crippen LogP contribution in [0.2, 0.25) is 0 Å². The third-order valence-electron chi connectivity index (χ3n) is 3.85. The summed E-state index contributed by atoms with van der Waals surface area (Å²) < 4.78 is 4.67. The van der Waals surface area contributed by atoms with Crippen LogP contribution in [0.4, 0.5) is 5.13 Å². The highest BCUT2D eigenvalue weighted by molar-refractivity contribution is 7.13. The van der Waals surface area contributed by atoms with Crippen molar-refractivity contribution >= 4 is 22.4 Å². The smallest absolute Gasteiger partial charge is 0.305 e. The minimum absolute atomic E-state index is 0.165. The molecule has 0 saturated carbocycles. The molecule has 1 fully saturated rings. The summed E-state index contributed by atoms with van der Waals surface area (Å²) in [4.78, 5) is 18.4. The van der Waals surface area contributed by atoms with Crippen LogP contribution >= 0.6 is 11.3 Å². The molecule has 5 heteroatoms. The van der Waals surface area contributed by atoms with E-state index in [2.05, 4.69) is 21.9 Å². The summed E-state index contributed by atoms with van der Waals surface area (Å²) in [6.07, 6.45) is 7.44. The van der Waals surface area contributed by atoms with Gasteiger partial charge in [-0.3, -0.25) is 4.79 Å². The van der Waals surface area contributed by atoms with Crippen molar-refractivity contribution < 1.29 is 9.53 Å². The van der Waals surface area contributed by atoms with Crippen LogP contribution in [0.3, 0.4) is 0 Å². The first-order chi connectivity index (χ1) is 9.74. The van der Waals surface area contributed by atoms with Gasteiger partial charge in [0.25, 0.3) is 0 Å². The Bertz CT molecular complexity index is 431. The molecule has 0 aromatic carbocycles. The number of hydrogen-bond acceptors (Lipinski definition) is 5. The van der Waals surface area contributed by atoms with Gasteiger partial charge in [0.15, 0.2) is 5.13 Å². The van der Waals surface area contributed by atoms with E-state index >= 15 is 0 Å². The standard InChI is InChI=1S/C15H24N2O2S/c1-3-6-13-7-4-5-10-17(13)15-16-12(11-20-15)8-9-14(18)19-2/h11,13H,3-10H2,1-2H3. The number of anilines is 1. The van der Waals surface area contributed by atoms with E-state index < -0.39 is 0 Å². The molecular weight excluding hydrogens is 272 g/mol. The SMILES string of the molecule is CCCC1CCCCN1c1nc(CCC(=O)OC)cs1. The van der Waals surface area contributed by atoms with Crippen molar-refractivity contribution in [2.45, 2.75) is 57.9 Å². The molecule has 1 aliphatic rings. The van der Waals surface area contributed by atoms with Gasteiger partial charge in [0.1, 0.15) is 0 Å². The average Bonchev–Trinajstić information content (AvgIpc) is 2.94. The van der Waals surface area contributed by atoms with Crippen LogP contribution in [-0.2, 0) is 16.0 Å². The van der Waals surface area contributed by atoms with E-state index in [-0.39, 0.29) is 5.97 Å². The monoisotopic (exact) mass is 296 g/mol. The minimum Gasteiger partial charge on any atom is -0.469 e. The predicted octanol–water partition coefficient (Wildman–Crippen LogP) is 3.41. The first-order valence-electron chi connectivity index (χ1n) is 7.52. The number of piperidine rings is 1. The number of esters is 1. The first kappa shape index (κ1) is 15.3. The lowest BCUT2D eigenvalue weighted by molar-refractivity contribution is -0.140. The second-order valence-corrected chi connectivity index (χ2v) is 6.17. The van der Waals surface area contributed by atoms with E-state index in [0.717, 1.165) is 17.4 Å². The summed E-state index contributed by atoms with van der Waals surface area (Å²) in [6.45, 7) is 3.37. The van der Waals surface area contributed by atoms with Gasteiger partial charge in [-0.15, -0.1) is 11.3 Å². The highest BCUT2D eigenvalue weighted by Crippen LogP contribution is 2.30. The molecule has 0 aliphatic carbocycles. The Hall–Kier alpha value is -1.10. The van der Waals surface area contributed by atoms with Crippen molar-refractivity contribution in [1.29, 1.82) is 0 Å². The lowest BCUT2D eigenvalue weighted by atomic mass is 9.99. The van der Waals surface area contributed by atoms with Crippen LogP contribution in [0.5, 0.6) is 0 Å². The fraction of sp³-hybridized carbons (Fsp3) is 0.733. The quantitative estimate of drug-likeness (QED) is 0.755. The number of nitrogens with zero attached hydrogens (tertiary/aromatic N) is 2. The lowest BCUT2D eigenvalue weighted by Gasteiger charge is -2.35. The van der Waals surface area contributed by atoms with Crippen molar-refractivity contribution in [1.82, 2.24) is 4.98 Å². The third kappa shape index (κ3) is 3.95. The van der Waals surface area contributed by atoms with Gasteiger partial charge >= 0.3 is 5.97 Å². The third-order valence-corrected chi connectivity index (χ3v) is 4.77. The molecule has 0 radical (unpaired) electrons. The van der Waals surface area contributed by atoms with E-state index in [1.54, 1.807) is 11.3 Å².